The second kappa shape index (κ2) is 29.5. The summed E-state index contributed by atoms with van der Waals surface area (Å²) in [6, 6.07) is 7.61. The molecule has 2 fully saturated rings. The number of hydrogen-bond acceptors (Lipinski definition) is 11. The van der Waals surface area contributed by atoms with E-state index in [-0.39, 0.29) is 84.0 Å². The van der Waals surface area contributed by atoms with Crippen molar-refractivity contribution in [3.8, 4) is 0 Å². The zero-order chi connectivity index (χ0) is 53.2. The Bertz CT molecular complexity index is 1850. The first-order valence-electron chi connectivity index (χ1n) is 25.6. The molecule has 17 heteroatoms. The summed E-state index contributed by atoms with van der Waals surface area (Å²) in [5, 5.41) is 13.7. The molecule has 3 rings (SSSR count). The van der Waals surface area contributed by atoms with Gasteiger partial charge in [0, 0.05) is 65.4 Å². The molecule has 2 aliphatic rings. The minimum atomic E-state index is -0.845. The van der Waals surface area contributed by atoms with Crippen LogP contribution >= 0.6 is 12.6 Å². The fourth-order valence-corrected chi connectivity index (χ4v) is 10.1. The summed E-state index contributed by atoms with van der Waals surface area (Å²) in [5.74, 6) is -1.75. The zero-order valence-corrected chi connectivity index (χ0v) is 45.8. The Hall–Kier alpha value is -4.06. The number of hydrogen-bond donors (Lipinski definition) is 4. The number of aliphatic hydroxyl groups excluding tert-OH is 1. The molecule has 0 radical (unpaired) electrons. The maximum absolute atomic E-state index is 13.8. The summed E-state index contributed by atoms with van der Waals surface area (Å²) in [4.78, 5) is 95.0. The van der Waals surface area contributed by atoms with Crippen LogP contribution in [0.4, 0.5) is 0 Å². The van der Waals surface area contributed by atoms with Crippen LogP contribution in [0, 0.1) is 29.6 Å². The van der Waals surface area contributed by atoms with Crippen LogP contribution in [-0.2, 0) is 43.0 Å². The van der Waals surface area contributed by atoms with Gasteiger partial charge >= 0.3 is 0 Å². The highest BCUT2D eigenvalue weighted by Crippen LogP contribution is 2.37. The lowest BCUT2D eigenvalue weighted by Gasteiger charge is -2.39. The van der Waals surface area contributed by atoms with Crippen molar-refractivity contribution in [1.29, 1.82) is 0 Å². The molecule has 11 atom stereocenters. The van der Waals surface area contributed by atoms with Crippen molar-refractivity contribution in [2.24, 2.45) is 35.3 Å². The molecule has 70 heavy (non-hydrogen) atoms. The molecule has 2 heterocycles. The molecule has 1 aromatic carbocycles. The van der Waals surface area contributed by atoms with Gasteiger partial charge in [-0.3, -0.25) is 38.5 Å². The van der Waals surface area contributed by atoms with E-state index in [4.69, 9.17) is 15.2 Å². The highest BCUT2D eigenvalue weighted by molar-refractivity contribution is 7.81. The summed E-state index contributed by atoms with van der Waals surface area (Å²) in [7, 11) is 6.59. The number of aliphatic hydroxyl groups is 1. The normalized spacial score (nSPS) is 20.4. The van der Waals surface area contributed by atoms with Crippen molar-refractivity contribution in [1.82, 2.24) is 24.9 Å². The number of thiol groups is 1. The highest BCUT2D eigenvalue weighted by atomic mass is 32.1. The third-order valence-electron chi connectivity index (χ3n) is 14.6. The summed E-state index contributed by atoms with van der Waals surface area (Å²) < 4.78 is 11.3. The first kappa shape index (κ1) is 62.1. The number of nitrogens with zero attached hydrogens (tertiary/aromatic N) is 4. The molecule has 0 spiro atoms. The Morgan fingerprint density at radius 1 is 0.914 bits per heavy atom. The van der Waals surface area contributed by atoms with Crippen LogP contribution in [0.25, 0.3) is 0 Å². The molecule has 398 valence electrons. The van der Waals surface area contributed by atoms with E-state index in [1.165, 1.54) is 9.80 Å². The first-order valence-corrected chi connectivity index (χ1v) is 26.0. The average molecular weight is 1000 g/mol. The maximum atomic E-state index is 13.8. The molecule has 7 amide bonds. The van der Waals surface area contributed by atoms with Gasteiger partial charge < -0.3 is 40.3 Å². The highest BCUT2D eigenvalue weighted by Gasteiger charge is 2.46. The largest absolute Gasteiger partial charge is 0.386 e. The third-order valence-corrected chi connectivity index (χ3v) is 15.2. The Morgan fingerprint density at radius 3 is 2.07 bits per heavy atom. The maximum Gasteiger partial charge on any atom is 0.240 e. The molecule has 0 saturated carbocycles. The first-order chi connectivity index (χ1) is 32.8. The van der Waals surface area contributed by atoms with E-state index in [0.29, 0.717) is 45.2 Å². The Kier molecular flexibility index (Phi) is 26.1. The van der Waals surface area contributed by atoms with E-state index in [2.05, 4.69) is 31.8 Å². The van der Waals surface area contributed by atoms with Gasteiger partial charge in [0.05, 0.1) is 54.7 Å². The fraction of sp³-hybridized carbons (Fsp3) is 0.755. The Morgan fingerprint density at radius 2 is 1.54 bits per heavy atom. The SMILES string of the molecule is CCC(C)(S)C1CC(=O)N(CCCCCC(=O)N(C)C(C(N)=O)C(C)C)C1=O.CCC(C)C(C(CC(=O)N1CCCC1C(OC)C(C)C(=O)NC(C)C(O)c1ccccc1)OC)N(C)C(=O)CC(C)C. The van der Waals surface area contributed by atoms with Crippen molar-refractivity contribution in [3.05, 3.63) is 35.9 Å². The van der Waals surface area contributed by atoms with E-state index in [1.807, 2.05) is 83.8 Å². The van der Waals surface area contributed by atoms with Crippen LogP contribution in [0.3, 0.4) is 0 Å². The molecule has 4 N–H and O–H groups in total. The van der Waals surface area contributed by atoms with Crippen molar-refractivity contribution in [3.63, 3.8) is 0 Å². The Labute approximate surface area is 425 Å². The number of methoxy groups -OCH3 is 2. The van der Waals surface area contributed by atoms with E-state index >= 15 is 0 Å². The molecule has 1 aromatic rings. The van der Waals surface area contributed by atoms with Crippen LogP contribution in [0.5, 0.6) is 0 Å². The van der Waals surface area contributed by atoms with E-state index in [9.17, 15) is 38.7 Å². The van der Waals surface area contributed by atoms with Crippen molar-refractivity contribution < 1.29 is 48.1 Å². The third kappa shape index (κ3) is 17.3. The smallest absolute Gasteiger partial charge is 0.240 e. The second-order valence-electron chi connectivity index (χ2n) is 20.7. The average Bonchev–Trinajstić information content (AvgIpc) is 3.91. The van der Waals surface area contributed by atoms with Crippen LogP contribution in [0.15, 0.2) is 30.3 Å². The van der Waals surface area contributed by atoms with Gasteiger partial charge in [-0.15, -0.1) is 0 Å². The number of carbonyl (C=O) groups is 7. The number of amides is 7. The van der Waals surface area contributed by atoms with E-state index < -0.39 is 47.0 Å². The lowest BCUT2D eigenvalue weighted by molar-refractivity contribution is -0.146. The predicted octanol–water partition coefficient (Wildman–Crippen LogP) is 6.18. The number of likely N-dealkylation sites (N-methyl/N-ethyl adjacent to an activating group) is 2. The number of nitrogens with two attached hydrogens (primary N) is 1. The molecule has 0 aromatic heterocycles. The van der Waals surface area contributed by atoms with Gasteiger partial charge in [0.25, 0.3) is 0 Å². The summed E-state index contributed by atoms with van der Waals surface area (Å²) >= 11 is 4.56. The molecular formula is C53H90N6O10S. The van der Waals surface area contributed by atoms with Crippen LogP contribution in [0.1, 0.15) is 152 Å². The number of benzene rings is 1. The molecule has 16 nitrogen and oxygen atoms in total. The van der Waals surface area contributed by atoms with Gasteiger partial charge in [0.1, 0.15) is 6.04 Å². The monoisotopic (exact) mass is 1000 g/mol. The summed E-state index contributed by atoms with van der Waals surface area (Å²) in [6.45, 7) is 20.3. The van der Waals surface area contributed by atoms with Gasteiger partial charge in [-0.2, -0.15) is 12.6 Å². The lowest BCUT2D eigenvalue weighted by Crippen LogP contribution is -2.53. The predicted molar refractivity (Wildman–Crippen MR) is 276 cm³/mol. The van der Waals surface area contributed by atoms with E-state index in [0.717, 1.165) is 31.2 Å². The number of ether oxygens (including phenoxy) is 2. The number of rotatable bonds is 27. The second-order valence-corrected chi connectivity index (χ2v) is 21.7. The fourth-order valence-electron chi connectivity index (χ4n) is 9.86. The molecule has 2 aliphatic heterocycles. The quantitative estimate of drug-likeness (QED) is 0.0447. The minimum Gasteiger partial charge on any atom is -0.386 e. The van der Waals surface area contributed by atoms with Gasteiger partial charge in [0.15, 0.2) is 0 Å². The van der Waals surface area contributed by atoms with Crippen molar-refractivity contribution in [2.75, 3.05) is 41.4 Å². The topological polar surface area (TPSA) is 209 Å². The molecule has 0 aliphatic carbocycles. The standard InChI is InChI=1S/C33H55N3O6.C20H35N3O4S/c1-10-22(4)30(35(7)28(37)19-21(2)3)27(41-8)20-29(38)36-18-14-17-26(36)32(42-9)23(5)33(40)34-24(6)31(39)25-15-12-11-13-16-25;1-6-20(4,28)14-12-16(25)23(19(14)27)11-9-7-8-10-15(24)22(5)17(13(2)3)18(21)26/h11-13,15-16,21-24,26-27,30-32,39H,10,14,17-20H2,1-9H3,(H,34,40);13-14,17,28H,6-12H2,1-5H3,(H2,21,26). The summed E-state index contributed by atoms with van der Waals surface area (Å²) in [5.41, 5.74) is 6.12. The van der Waals surface area contributed by atoms with Crippen LogP contribution in [0.2, 0.25) is 0 Å². The number of primary amides is 1. The van der Waals surface area contributed by atoms with Crippen molar-refractivity contribution >= 4 is 54.0 Å². The molecule has 0 bridgehead atoms. The van der Waals surface area contributed by atoms with Crippen LogP contribution in [-0.4, -0.2) is 149 Å². The lowest BCUT2D eigenvalue weighted by atomic mass is 9.89. The van der Waals surface area contributed by atoms with Crippen molar-refractivity contribution in [2.45, 2.75) is 187 Å². The van der Waals surface area contributed by atoms with Crippen LogP contribution < -0.4 is 11.1 Å². The summed E-state index contributed by atoms with van der Waals surface area (Å²) in [6.07, 6.45) is 4.39. The molecule has 11 unspecified atom stereocenters. The minimum absolute atomic E-state index is 0.0489. The van der Waals surface area contributed by atoms with Gasteiger partial charge in [-0.25, -0.2) is 0 Å². The number of carbonyl (C=O) groups excluding carboxylic acids is 7. The van der Waals surface area contributed by atoms with Gasteiger partial charge in [-0.1, -0.05) is 98.6 Å². The molecule has 2 saturated heterocycles. The zero-order valence-electron chi connectivity index (χ0n) is 44.9. The number of unbranched alkanes of at least 4 members (excludes halogenated alkanes) is 2. The van der Waals surface area contributed by atoms with E-state index in [1.54, 1.807) is 40.0 Å². The molecular weight excluding hydrogens is 913 g/mol. The number of nitrogens with one attached hydrogen (secondary N) is 1. The number of imide groups is 1. The number of likely N-dealkylation sites (tertiary alicyclic amines) is 2. The van der Waals surface area contributed by atoms with Gasteiger partial charge in [-0.05, 0) is 69.3 Å². The Balaban J connectivity index is 0.000000521. The van der Waals surface area contributed by atoms with Gasteiger partial charge in [0.2, 0.25) is 41.4 Å².